The van der Waals surface area contributed by atoms with E-state index in [0.717, 1.165) is 30.0 Å². The van der Waals surface area contributed by atoms with Crippen LogP contribution in [0.5, 0.6) is 0 Å². The van der Waals surface area contributed by atoms with Gasteiger partial charge in [-0.15, -0.1) is 0 Å². The van der Waals surface area contributed by atoms with E-state index >= 15 is 0 Å². The molecule has 0 spiro atoms. The second-order valence-electron chi connectivity index (χ2n) is 9.38. The summed E-state index contributed by atoms with van der Waals surface area (Å²) in [5, 5.41) is 7.63. The highest BCUT2D eigenvalue weighted by Crippen LogP contribution is 2.39. The van der Waals surface area contributed by atoms with E-state index in [1.807, 2.05) is 0 Å². The molecule has 0 amide bonds. The summed E-state index contributed by atoms with van der Waals surface area (Å²) in [6.45, 7) is 12.2. The van der Waals surface area contributed by atoms with Gasteiger partial charge in [-0.2, -0.15) is 9.61 Å². The monoisotopic (exact) mass is 426 g/mol. The second-order valence-corrected chi connectivity index (χ2v) is 9.38. The lowest BCUT2D eigenvalue weighted by Crippen LogP contribution is -2.35. The average molecular weight is 427 g/mol. The zero-order valence-electron chi connectivity index (χ0n) is 20.1. The summed E-state index contributed by atoms with van der Waals surface area (Å²) in [5.74, 6) is 1.28. The number of fused-ring (bicyclic) bond motifs is 4. The number of hydrogen-bond donors (Lipinski definition) is 0. The Morgan fingerprint density at radius 2 is 1.62 bits per heavy atom. The number of nitrogens with zero attached hydrogens (tertiary/aromatic N) is 4. The third kappa shape index (κ3) is 3.28. The zero-order valence-corrected chi connectivity index (χ0v) is 20.1. The van der Waals surface area contributed by atoms with Crippen molar-refractivity contribution in [3.63, 3.8) is 0 Å². The van der Waals surface area contributed by atoms with Crippen LogP contribution in [0.2, 0.25) is 0 Å². The summed E-state index contributed by atoms with van der Waals surface area (Å²) in [5.41, 5.74) is 8.27. The van der Waals surface area contributed by atoms with Gasteiger partial charge in [-0.05, 0) is 68.0 Å². The number of rotatable bonds is 6. The van der Waals surface area contributed by atoms with Gasteiger partial charge in [-0.25, -0.2) is 4.98 Å². The summed E-state index contributed by atoms with van der Waals surface area (Å²) in [7, 11) is 0. The van der Waals surface area contributed by atoms with Crippen LogP contribution in [-0.4, -0.2) is 27.2 Å². The predicted octanol–water partition coefficient (Wildman–Crippen LogP) is 6.81. The van der Waals surface area contributed by atoms with E-state index in [2.05, 4.69) is 80.4 Å². The van der Waals surface area contributed by atoms with Crippen LogP contribution in [0.15, 0.2) is 36.4 Å². The van der Waals surface area contributed by atoms with E-state index in [0.29, 0.717) is 6.04 Å². The summed E-state index contributed by atoms with van der Waals surface area (Å²) < 4.78 is 2.16. The SMILES string of the molecule is CCCC(CCC)N1CCc2c(C)nc3c(-c4cc5ccccc5cc4C)c(C)nn3c21. The quantitative estimate of drug-likeness (QED) is 0.340. The van der Waals surface area contributed by atoms with E-state index < -0.39 is 0 Å². The molecule has 32 heavy (non-hydrogen) atoms. The maximum atomic E-state index is 5.13. The molecule has 166 valence electrons. The predicted molar refractivity (Wildman–Crippen MR) is 135 cm³/mol. The van der Waals surface area contributed by atoms with Crippen LogP contribution in [0.4, 0.5) is 5.82 Å². The Bertz CT molecular complexity index is 1290. The maximum absolute atomic E-state index is 5.13. The first-order valence-electron chi connectivity index (χ1n) is 12.2. The molecule has 0 saturated carbocycles. The minimum absolute atomic E-state index is 0.576. The molecule has 2 aromatic carbocycles. The van der Waals surface area contributed by atoms with Crippen molar-refractivity contribution in [2.75, 3.05) is 11.4 Å². The molecule has 0 bridgehead atoms. The molecule has 2 aromatic heterocycles. The molecule has 5 rings (SSSR count). The first kappa shape index (κ1) is 21.0. The van der Waals surface area contributed by atoms with Crippen molar-refractivity contribution in [2.45, 2.75) is 72.8 Å². The Hall–Kier alpha value is -2.88. The largest absolute Gasteiger partial charge is 0.353 e. The van der Waals surface area contributed by atoms with Crippen LogP contribution in [0, 0.1) is 20.8 Å². The summed E-state index contributed by atoms with van der Waals surface area (Å²) in [4.78, 5) is 7.76. The average Bonchev–Trinajstić information content (AvgIpc) is 3.35. The van der Waals surface area contributed by atoms with E-state index in [1.165, 1.54) is 64.5 Å². The van der Waals surface area contributed by atoms with Crippen LogP contribution in [0.3, 0.4) is 0 Å². The molecule has 0 fully saturated rings. The first-order chi connectivity index (χ1) is 15.5. The van der Waals surface area contributed by atoms with Crippen molar-refractivity contribution < 1.29 is 0 Å². The fourth-order valence-corrected chi connectivity index (χ4v) is 5.62. The zero-order chi connectivity index (χ0) is 22.4. The molecule has 3 heterocycles. The molecule has 4 aromatic rings. The van der Waals surface area contributed by atoms with Crippen LogP contribution < -0.4 is 4.90 Å². The second kappa shape index (κ2) is 8.23. The van der Waals surface area contributed by atoms with Gasteiger partial charge in [0, 0.05) is 29.4 Å². The van der Waals surface area contributed by atoms with Crippen LogP contribution >= 0.6 is 0 Å². The minimum atomic E-state index is 0.576. The Balaban J connectivity index is 1.73. The van der Waals surface area contributed by atoms with Gasteiger partial charge >= 0.3 is 0 Å². The van der Waals surface area contributed by atoms with Gasteiger partial charge in [-0.1, -0.05) is 57.0 Å². The Morgan fingerprint density at radius 3 is 2.31 bits per heavy atom. The molecule has 0 aliphatic carbocycles. The van der Waals surface area contributed by atoms with Gasteiger partial charge in [0.1, 0.15) is 5.82 Å². The fraction of sp³-hybridized carbons (Fsp3) is 0.429. The molecular formula is C28H34N4. The molecule has 4 heteroatoms. The van der Waals surface area contributed by atoms with E-state index in [1.54, 1.807) is 0 Å². The molecular weight excluding hydrogens is 392 g/mol. The molecule has 0 saturated heterocycles. The minimum Gasteiger partial charge on any atom is -0.353 e. The lowest BCUT2D eigenvalue weighted by Gasteiger charge is -2.30. The lowest BCUT2D eigenvalue weighted by atomic mass is 9.96. The fourth-order valence-electron chi connectivity index (χ4n) is 5.62. The Labute approximate surface area is 191 Å². The smallest absolute Gasteiger partial charge is 0.165 e. The molecule has 1 aliphatic heterocycles. The summed E-state index contributed by atoms with van der Waals surface area (Å²) in [6.07, 6.45) is 5.95. The van der Waals surface area contributed by atoms with Crippen molar-refractivity contribution in [3.8, 4) is 11.1 Å². The standard InChI is InChI=1S/C28H34N4/c1-6-10-23(11-7-2)31-15-14-24-19(4)29-27-26(20(5)30-32(27)28(24)31)25-17-22-13-9-8-12-21(22)16-18(25)3/h8-9,12-13,16-17,23H,6-7,10-11,14-15H2,1-5H3. The van der Waals surface area contributed by atoms with Gasteiger partial charge in [0.15, 0.2) is 5.65 Å². The third-order valence-corrected chi connectivity index (χ3v) is 7.14. The van der Waals surface area contributed by atoms with Crippen molar-refractivity contribution >= 4 is 22.2 Å². The van der Waals surface area contributed by atoms with Gasteiger partial charge in [-0.3, -0.25) is 0 Å². The normalized spacial score (nSPS) is 13.6. The van der Waals surface area contributed by atoms with Gasteiger partial charge in [0.2, 0.25) is 0 Å². The van der Waals surface area contributed by atoms with Crippen LogP contribution in [0.25, 0.3) is 27.5 Å². The first-order valence-corrected chi connectivity index (χ1v) is 12.2. The molecule has 0 unspecified atom stereocenters. The van der Waals surface area contributed by atoms with E-state index in [-0.39, 0.29) is 0 Å². The number of aromatic nitrogens is 3. The maximum Gasteiger partial charge on any atom is 0.165 e. The topological polar surface area (TPSA) is 33.4 Å². The number of anilines is 1. The van der Waals surface area contributed by atoms with Crippen molar-refractivity contribution in [3.05, 3.63) is 58.9 Å². The Kier molecular flexibility index (Phi) is 5.40. The highest BCUT2D eigenvalue weighted by molar-refractivity contribution is 5.93. The number of benzene rings is 2. The molecule has 4 nitrogen and oxygen atoms in total. The Morgan fingerprint density at radius 1 is 0.938 bits per heavy atom. The highest BCUT2D eigenvalue weighted by Gasteiger charge is 2.31. The molecule has 0 N–H and O–H groups in total. The third-order valence-electron chi connectivity index (χ3n) is 7.14. The van der Waals surface area contributed by atoms with Crippen LogP contribution in [0.1, 0.15) is 62.0 Å². The summed E-state index contributed by atoms with van der Waals surface area (Å²) in [6, 6.07) is 13.8. The van der Waals surface area contributed by atoms with Crippen molar-refractivity contribution in [2.24, 2.45) is 0 Å². The molecule has 0 atom stereocenters. The molecule has 0 radical (unpaired) electrons. The van der Waals surface area contributed by atoms with Crippen LogP contribution in [-0.2, 0) is 6.42 Å². The molecule has 1 aliphatic rings. The van der Waals surface area contributed by atoms with Gasteiger partial charge < -0.3 is 4.90 Å². The van der Waals surface area contributed by atoms with Crippen molar-refractivity contribution in [1.29, 1.82) is 0 Å². The summed E-state index contributed by atoms with van der Waals surface area (Å²) >= 11 is 0. The lowest BCUT2D eigenvalue weighted by molar-refractivity contribution is 0.508. The van der Waals surface area contributed by atoms with Gasteiger partial charge in [0.05, 0.1) is 5.69 Å². The van der Waals surface area contributed by atoms with E-state index in [9.17, 15) is 0 Å². The highest BCUT2D eigenvalue weighted by atomic mass is 15.4. The number of hydrogen-bond acceptors (Lipinski definition) is 3. The van der Waals surface area contributed by atoms with E-state index in [4.69, 9.17) is 10.1 Å². The number of aryl methyl sites for hydroxylation is 3. The van der Waals surface area contributed by atoms with Gasteiger partial charge in [0.25, 0.3) is 0 Å². The van der Waals surface area contributed by atoms with Crippen molar-refractivity contribution in [1.82, 2.24) is 14.6 Å².